The maximum absolute atomic E-state index is 12.8. The van der Waals surface area contributed by atoms with Gasteiger partial charge in [0.15, 0.2) is 0 Å². The SMILES string of the molecule is COC(=O)C[C@@H]1CSCCN1C(=O)c1cn2c(C)cccc2n1. The molecular formula is C16H19N3O3S. The zero-order valence-electron chi connectivity index (χ0n) is 13.2. The van der Waals surface area contributed by atoms with Crippen molar-refractivity contribution in [1.29, 1.82) is 0 Å². The molecule has 23 heavy (non-hydrogen) atoms. The van der Waals surface area contributed by atoms with E-state index in [-0.39, 0.29) is 24.3 Å². The number of fused-ring (bicyclic) bond motifs is 1. The Morgan fingerprint density at radius 1 is 1.43 bits per heavy atom. The molecule has 1 aliphatic rings. The Morgan fingerprint density at radius 2 is 2.26 bits per heavy atom. The van der Waals surface area contributed by atoms with Crippen LogP contribution in [0.1, 0.15) is 22.6 Å². The molecule has 1 atom stereocenters. The summed E-state index contributed by atoms with van der Waals surface area (Å²) < 4.78 is 6.65. The fourth-order valence-electron chi connectivity index (χ4n) is 2.77. The number of hydrogen-bond acceptors (Lipinski definition) is 5. The maximum atomic E-state index is 12.8. The summed E-state index contributed by atoms with van der Waals surface area (Å²) in [5.74, 6) is 1.20. The molecule has 0 saturated carbocycles. The Labute approximate surface area is 138 Å². The first kappa shape index (κ1) is 15.9. The van der Waals surface area contributed by atoms with Crippen LogP contribution in [0, 0.1) is 6.92 Å². The van der Waals surface area contributed by atoms with Gasteiger partial charge in [0.1, 0.15) is 11.3 Å². The van der Waals surface area contributed by atoms with Gasteiger partial charge in [-0.25, -0.2) is 4.98 Å². The number of thioether (sulfide) groups is 1. The number of ether oxygens (including phenoxy) is 1. The highest BCUT2D eigenvalue weighted by Gasteiger charge is 2.31. The molecule has 0 unspecified atom stereocenters. The van der Waals surface area contributed by atoms with Crippen LogP contribution in [0.4, 0.5) is 0 Å². The molecule has 6 nitrogen and oxygen atoms in total. The number of esters is 1. The normalized spacial score (nSPS) is 18.2. The van der Waals surface area contributed by atoms with Gasteiger partial charge in [-0.15, -0.1) is 0 Å². The quantitative estimate of drug-likeness (QED) is 0.801. The number of carbonyl (C=O) groups excluding carboxylic acids is 2. The Kier molecular flexibility index (Phi) is 4.56. The van der Waals surface area contributed by atoms with Crippen LogP contribution < -0.4 is 0 Å². The van der Waals surface area contributed by atoms with Crippen LogP contribution in [0.5, 0.6) is 0 Å². The second kappa shape index (κ2) is 6.62. The molecule has 3 rings (SSSR count). The lowest BCUT2D eigenvalue weighted by atomic mass is 10.2. The van der Waals surface area contributed by atoms with Gasteiger partial charge in [0.05, 0.1) is 19.6 Å². The number of amides is 1. The van der Waals surface area contributed by atoms with Gasteiger partial charge >= 0.3 is 5.97 Å². The molecule has 0 N–H and O–H groups in total. The molecule has 2 aromatic rings. The van der Waals surface area contributed by atoms with E-state index >= 15 is 0 Å². The number of aryl methyl sites for hydroxylation is 1. The number of pyridine rings is 1. The Balaban J connectivity index is 1.86. The summed E-state index contributed by atoms with van der Waals surface area (Å²) >= 11 is 1.75. The van der Waals surface area contributed by atoms with Crippen molar-refractivity contribution in [1.82, 2.24) is 14.3 Å². The summed E-state index contributed by atoms with van der Waals surface area (Å²) in [7, 11) is 1.37. The lowest BCUT2D eigenvalue weighted by Crippen LogP contribution is -2.47. The first-order chi connectivity index (χ1) is 11.1. The number of carbonyl (C=O) groups is 2. The molecule has 0 spiro atoms. The largest absolute Gasteiger partial charge is 0.469 e. The molecule has 1 fully saturated rings. The Hall–Kier alpha value is -2.02. The lowest BCUT2D eigenvalue weighted by Gasteiger charge is -2.34. The lowest BCUT2D eigenvalue weighted by molar-refractivity contribution is -0.141. The average molecular weight is 333 g/mol. The van der Waals surface area contributed by atoms with Crippen molar-refractivity contribution in [3.8, 4) is 0 Å². The number of imidazole rings is 1. The number of methoxy groups -OCH3 is 1. The van der Waals surface area contributed by atoms with Crippen LogP contribution in [0.15, 0.2) is 24.4 Å². The first-order valence-electron chi connectivity index (χ1n) is 7.50. The second-order valence-electron chi connectivity index (χ2n) is 5.53. The number of hydrogen-bond donors (Lipinski definition) is 0. The van der Waals surface area contributed by atoms with Gasteiger partial charge in [-0.2, -0.15) is 11.8 Å². The van der Waals surface area contributed by atoms with E-state index in [1.165, 1.54) is 7.11 Å². The first-order valence-corrected chi connectivity index (χ1v) is 8.66. The highest BCUT2D eigenvalue weighted by molar-refractivity contribution is 7.99. The smallest absolute Gasteiger partial charge is 0.307 e. The second-order valence-corrected chi connectivity index (χ2v) is 6.68. The van der Waals surface area contributed by atoms with Gasteiger partial charge in [0, 0.05) is 29.9 Å². The Bertz CT molecular complexity index is 743. The molecule has 1 aliphatic heterocycles. The summed E-state index contributed by atoms with van der Waals surface area (Å²) in [6, 6.07) is 5.63. The summed E-state index contributed by atoms with van der Waals surface area (Å²) in [6.07, 6.45) is 1.99. The predicted octanol–water partition coefficient (Wildman–Crippen LogP) is 1.76. The van der Waals surface area contributed by atoms with Crippen molar-refractivity contribution in [3.63, 3.8) is 0 Å². The van der Waals surface area contributed by atoms with Crippen molar-refractivity contribution >= 4 is 29.3 Å². The molecule has 122 valence electrons. The van der Waals surface area contributed by atoms with Gasteiger partial charge < -0.3 is 14.0 Å². The standard InChI is InChI=1S/C16H19N3O3S/c1-11-4-3-5-14-17-13(9-19(11)14)16(21)18-6-7-23-10-12(18)8-15(20)22-2/h3-5,9,12H,6-8,10H2,1-2H3/t12-/m1/s1. The zero-order chi connectivity index (χ0) is 16.4. The van der Waals surface area contributed by atoms with Crippen molar-refractivity contribution in [2.45, 2.75) is 19.4 Å². The maximum Gasteiger partial charge on any atom is 0.307 e. The summed E-state index contributed by atoms with van der Waals surface area (Å²) in [5.41, 5.74) is 2.19. The minimum Gasteiger partial charge on any atom is -0.469 e. The minimum absolute atomic E-state index is 0.123. The van der Waals surface area contributed by atoms with Crippen LogP contribution in [-0.2, 0) is 9.53 Å². The van der Waals surface area contributed by atoms with E-state index in [1.807, 2.05) is 29.5 Å². The van der Waals surface area contributed by atoms with Gasteiger partial charge in [-0.1, -0.05) is 6.07 Å². The monoisotopic (exact) mass is 333 g/mol. The number of aromatic nitrogens is 2. The predicted molar refractivity (Wildman–Crippen MR) is 88.7 cm³/mol. The molecule has 0 aliphatic carbocycles. The summed E-state index contributed by atoms with van der Waals surface area (Å²) in [4.78, 5) is 30.6. The van der Waals surface area contributed by atoms with Crippen molar-refractivity contribution in [2.75, 3.05) is 25.2 Å². The fourth-order valence-corrected chi connectivity index (χ4v) is 3.83. The highest BCUT2D eigenvalue weighted by Crippen LogP contribution is 2.22. The number of nitrogens with zero attached hydrogens (tertiary/aromatic N) is 3. The molecule has 1 saturated heterocycles. The third kappa shape index (κ3) is 3.19. The molecule has 0 radical (unpaired) electrons. The zero-order valence-corrected chi connectivity index (χ0v) is 14.0. The van der Waals surface area contributed by atoms with E-state index in [9.17, 15) is 9.59 Å². The van der Waals surface area contributed by atoms with E-state index in [0.29, 0.717) is 12.2 Å². The molecule has 2 aromatic heterocycles. The minimum atomic E-state index is -0.291. The summed E-state index contributed by atoms with van der Waals surface area (Å²) in [6.45, 7) is 2.60. The topological polar surface area (TPSA) is 63.9 Å². The van der Waals surface area contributed by atoms with E-state index in [2.05, 4.69) is 4.98 Å². The van der Waals surface area contributed by atoms with E-state index in [4.69, 9.17) is 4.74 Å². The fraction of sp³-hybridized carbons (Fsp3) is 0.438. The molecule has 1 amide bonds. The Morgan fingerprint density at radius 3 is 3.00 bits per heavy atom. The van der Waals surface area contributed by atoms with Crippen molar-refractivity contribution in [2.24, 2.45) is 0 Å². The van der Waals surface area contributed by atoms with Gasteiger partial charge in [-0.3, -0.25) is 9.59 Å². The summed E-state index contributed by atoms with van der Waals surface area (Å²) in [5, 5.41) is 0. The van der Waals surface area contributed by atoms with E-state index in [0.717, 1.165) is 22.8 Å². The van der Waals surface area contributed by atoms with Crippen LogP contribution in [-0.4, -0.2) is 57.4 Å². The third-order valence-corrected chi connectivity index (χ3v) is 5.13. The van der Waals surface area contributed by atoms with E-state index in [1.54, 1.807) is 22.9 Å². The molecule has 0 aromatic carbocycles. The van der Waals surface area contributed by atoms with E-state index < -0.39 is 0 Å². The van der Waals surface area contributed by atoms with Gasteiger partial charge in [0.25, 0.3) is 5.91 Å². The van der Waals surface area contributed by atoms with Gasteiger partial charge in [-0.05, 0) is 19.1 Å². The van der Waals surface area contributed by atoms with Crippen LogP contribution in [0.2, 0.25) is 0 Å². The molecule has 3 heterocycles. The molecular weight excluding hydrogens is 314 g/mol. The molecule has 0 bridgehead atoms. The third-order valence-electron chi connectivity index (χ3n) is 4.03. The van der Waals surface area contributed by atoms with Crippen LogP contribution >= 0.6 is 11.8 Å². The number of rotatable bonds is 3. The highest BCUT2D eigenvalue weighted by atomic mass is 32.2. The molecule has 7 heteroatoms. The van der Waals surface area contributed by atoms with Crippen LogP contribution in [0.25, 0.3) is 5.65 Å². The van der Waals surface area contributed by atoms with Crippen LogP contribution in [0.3, 0.4) is 0 Å². The van der Waals surface area contributed by atoms with Gasteiger partial charge in [0.2, 0.25) is 0 Å². The van der Waals surface area contributed by atoms with Crippen molar-refractivity contribution < 1.29 is 14.3 Å². The average Bonchev–Trinajstić information content (AvgIpc) is 3.00. The van der Waals surface area contributed by atoms with Crippen molar-refractivity contribution in [3.05, 3.63) is 35.8 Å².